The van der Waals surface area contributed by atoms with Gasteiger partial charge in [-0.15, -0.1) is 0 Å². The minimum atomic E-state index is -1.76. The van der Waals surface area contributed by atoms with Crippen LogP contribution in [0.25, 0.3) is 10.9 Å². The zero-order valence-electron chi connectivity index (χ0n) is 10.3. The van der Waals surface area contributed by atoms with Gasteiger partial charge in [-0.2, -0.15) is 0 Å². The van der Waals surface area contributed by atoms with Crippen LogP contribution >= 0.6 is 0 Å². The van der Waals surface area contributed by atoms with Crippen LogP contribution in [-0.2, 0) is 14.0 Å². The Labute approximate surface area is 105 Å². The van der Waals surface area contributed by atoms with Crippen molar-refractivity contribution < 1.29 is 14.0 Å². The fourth-order valence-electron chi connectivity index (χ4n) is 2.76. The Hall–Kier alpha value is -1.30. The van der Waals surface area contributed by atoms with Gasteiger partial charge in [-0.1, -0.05) is 36.8 Å². The van der Waals surface area contributed by atoms with Gasteiger partial charge in [0.15, 0.2) is 0 Å². The number of nitrogens with one attached hydrogen (secondary N) is 1. The minimum absolute atomic E-state index is 0.00944. The molecule has 0 saturated carbocycles. The molecular formula is C13H15BNO3-. The molecule has 0 radical (unpaired) electrons. The van der Waals surface area contributed by atoms with Gasteiger partial charge >= 0.3 is 6.75 Å². The van der Waals surface area contributed by atoms with Crippen molar-refractivity contribution in [2.45, 2.75) is 6.92 Å². The molecule has 1 N–H and O–H groups in total. The van der Waals surface area contributed by atoms with Crippen LogP contribution in [-0.4, -0.2) is 31.6 Å². The second kappa shape index (κ2) is 3.38. The van der Waals surface area contributed by atoms with Crippen LogP contribution in [0, 0.1) is 5.41 Å². The van der Waals surface area contributed by atoms with Crippen molar-refractivity contribution in [1.82, 2.24) is 4.98 Å². The van der Waals surface area contributed by atoms with Gasteiger partial charge in [0.25, 0.3) is 0 Å². The number of rotatable bonds is 1. The van der Waals surface area contributed by atoms with Crippen LogP contribution in [0.2, 0.25) is 0 Å². The average Bonchev–Trinajstić information content (AvgIpc) is 2.84. The highest BCUT2D eigenvalue weighted by molar-refractivity contribution is 6.75. The van der Waals surface area contributed by atoms with Crippen molar-refractivity contribution in [3.05, 3.63) is 30.3 Å². The molecule has 0 aliphatic carbocycles. The molecule has 1 aromatic heterocycles. The van der Waals surface area contributed by atoms with E-state index in [1.165, 1.54) is 0 Å². The van der Waals surface area contributed by atoms with Gasteiger partial charge in [-0.05, 0) is 11.5 Å². The van der Waals surface area contributed by atoms with Crippen molar-refractivity contribution in [2.75, 3.05) is 19.8 Å². The van der Waals surface area contributed by atoms with Gasteiger partial charge in [-0.3, -0.25) is 0 Å². The van der Waals surface area contributed by atoms with Crippen LogP contribution in [0.1, 0.15) is 6.92 Å². The molecule has 2 bridgehead atoms. The highest BCUT2D eigenvalue weighted by Crippen LogP contribution is 2.35. The van der Waals surface area contributed by atoms with Gasteiger partial charge in [0.2, 0.25) is 0 Å². The molecule has 3 saturated heterocycles. The first-order valence-corrected chi connectivity index (χ1v) is 6.33. The summed E-state index contributed by atoms with van der Waals surface area (Å²) in [4.78, 5) is 3.35. The number of aromatic amines is 1. The van der Waals surface area contributed by atoms with Crippen molar-refractivity contribution >= 4 is 23.3 Å². The number of H-pyrrole nitrogens is 1. The Morgan fingerprint density at radius 1 is 1.11 bits per heavy atom. The lowest BCUT2D eigenvalue weighted by Gasteiger charge is -2.57. The van der Waals surface area contributed by atoms with Crippen LogP contribution in [0.4, 0.5) is 0 Å². The summed E-state index contributed by atoms with van der Waals surface area (Å²) in [6, 6.07) is 10.2. The summed E-state index contributed by atoms with van der Waals surface area (Å²) < 4.78 is 17.6. The number of aromatic nitrogens is 1. The van der Waals surface area contributed by atoms with Crippen LogP contribution in [0.3, 0.4) is 0 Å². The second-order valence-corrected chi connectivity index (χ2v) is 5.70. The average molecular weight is 244 g/mol. The van der Waals surface area contributed by atoms with Crippen LogP contribution in [0.15, 0.2) is 30.3 Å². The number of para-hydroxylation sites is 1. The third-order valence-corrected chi connectivity index (χ3v) is 3.89. The monoisotopic (exact) mass is 244 g/mol. The highest BCUT2D eigenvalue weighted by atomic mass is 16.8. The number of fused-ring (bicyclic) bond motifs is 4. The first kappa shape index (κ1) is 10.6. The van der Waals surface area contributed by atoms with E-state index in [4.69, 9.17) is 14.0 Å². The third-order valence-electron chi connectivity index (χ3n) is 3.89. The Balaban J connectivity index is 1.78. The van der Waals surface area contributed by atoms with Gasteiger partial charge in [0.1, 0.15) is 0 Å². The summed E-state index contributed by atoms with van der Waals surface area (Å²) in [5.41, 5.74) is 1.99. The molecule has 0 unspecified atom stereocenters. The lowest BCUT2D eigenvalue weighted by molar-refractivity contribution is -0.119. The van der Waals surface area contributed by atoms with E-state index in [1.54, 1.807) is 0 Å². The van der Waals surface area contributed by atoms with Gasteiger partial charge in [-0.25, -0.2) is 0 Å². The Kier molecular flexibility index (Phi) is 1.99. The SMILES string of the molecule is CC12CO[B-](c3cc4ccccc4[nH]3)(OC1)OC2. The van der Waals surface area contributed by atoms with E-state index in [0.717, 1.165) is 16.5 Å². The summed E-state index contributed by atoms with van der Waals surface area (Å²) in [5.74, 6) is 0. The Bertz CT molecular complexity index is 552. The van der Waals surface area contributed by atoms with Crippen LogP contribution in [0.5, 0.6) is 0 Å². The molecule has 1 aromatic carbocycles. The molecule has 4 heterocycles. The van der Waals surface area contributed by atoms with E-state index >= 15 is 0 Å². The van der Waals surface area contributed by atoms with Gasteiger partial charge in [0, 0.05) is 30.8 Å². The third kappa shape index (κ3) is 1.38. The van der Waals surface area contributed by atoms with Gasteiger partial charge < -0.3 is 18.9 Å². The zero-order valence-corrected chi connectivity index (χ0v) is 10.3. The first-order valence-electron chi connectivity index (χ1n) is 6.33. The summed E-state index contributed by atoms with van der Waals surface area (Å²) in [6.07, 6.45) is 0. The normalized spacial score (nSPS) is 35.2. The van der Waals surface area contributed by atoms with Crippen molar-refractivity contribution in [3.63, 3.8) is 0 Å². The number of benzene rings is 1. The van der Waals surface area contributed by atoms with E-state index in [0.29, 0.717) is 19.8 Å². The molecule has 0 amide bonds. The highest BCUT2D eigenvalue weighted by Gasteiger charge is 2.47. The van der Waals surface area contributed by atoms with Gasteiger partial charge in [0.05, 0.1) is 0 Å². The molecule has 94 valence electrons. The molecule has 4 nitrogen and oxygen atoms in total. The van der Waals surface area contributed by atoms with E-state index in [1.807, 2.05) is 18.2 Å². The summed E-state index contributed by atoms with van der Waals surface area (Å²) in [5, 5.41) is 1.15. The quantitative estimate of drug-likeness (QED) is 0.771. The second-order valence-electron chi connectivity index (χ2n) is 5.70. The maximum atomic E-state index is 5.87. The molecule has 18 heavy (non-hydrogen) atoms. The Morgan fingerprint density at radius 2 is 1.78 bits per heavy atom. The standard InChI is InChI=1S/C13H15BNO3/c1-13-7-16-14(17-8-13,18-9-13)12-6-10-4-2-3-5-11(10)15-12/h2-6,15H,7-9H2,1H3/q-1. The molecule has 3 fully saturated rings. The van der Waals surface area contributed by atoms with E-state index in [-0.39, 0.29) is 5.41 Å². The smallest absolute Gasteiger partial charge is 0.425 e. The molecule has 0 spiro atoms. The zero-order chi connectivity index (χ0) is 12.2. The summed E-state index contributed by atoms with van der Waals surface area (Å²) in [6.45, 7) is 2.45. The number of hydrogen-bond donors (Lipinski definition) is 1. The van der Waals surface area contributed by atoms with E-state index < -0.39 is 6.75 Å². The topological polar surface area (TPSA) is 43.5 Å². The van der Waals surface area contributed by atoms with E-state index in [2.05, 4.69) is 24.0 Å². The molecule has 0 atom stereocenters. The molecule has 3 aliphatic rings. The maximum Gasteiger partial charge on any atom is 0.425 e. The predicted molar refractivity (Wildman–Crippen MR) is 69.6 cm³/mol. The fourth-order valence-corrected chi connectivity index (χ4v) is 2.76. The molecule has 5 heteroatoms. The summed E-state index contributed by atoms with van der Waals surface area (Å²) >= 11 is 0. The minimum Gasteiger partial charge on any atom is -0.539 e. The lowest BCUT2D eigenvalue weighted by Crippen LogP contribution is -2.69. The largest absolute Gasteiger partial charge is 0.539 e. The predicted octanol–water partition coefficient (Wildman–Crippen LogP) is 1.40. The maximum absolute atomic E-state index is 5.87. The van der Waals surface area contributed by atoms with E-state index in [9.17, 15) is 0 Å². The van der Waals surface area contributed by atoms with Crippen molar-refractivity contribution in [1.29, 1.82) is 0 Å². The van der Waals surface area contributed by atoms with Crippen molar-refractivity contribution in [3.8, 4) is 0 Å². The van der Waals surface area contributed by atoms with Crippen LogP contribution < -0.4 is 5.59 Å². The molecule has 5 rings (SSSR count). The first-order chi connectivity index (χ1) is 8.69. The molecule has 3 aliphatic heterocycles. The van der Waals surface area contributed by atoms with Crippen molar-refractivity contribution in [2.24, 2.45) is 5.41 Å². The molecular weight excluding hydrogens is 229 g/mol. The fraction of sp³-hybridized carbons (Fsp3) is 0.385. The molecule has 2 aromatic rings. The Morgan fingerprint density at radius 3 is 2.44 bits per heavy atom. The number of hydrogen-bond acceptors (Lipinski definition) is 3. The lowest BCUT2D eigenvalue weighted by atomic mass is 9.68. The summed E-state index contributed by atoms with van der Waals surface area (Å²) in [7, 11) is 0.